The van der Waals surface area contributed by atoms with E-state index < -0.39 is 13.4 Å². The third-order valence-electron chi connectivity index (χ3n) is 0. The molecule has 0 rings (SSSR count). The van der Waals surface area contributed by atoms with E-state index in [2.05, 4.69) is 30.2 Å². The van der Waals surface area contributed by atoms with Crippen molar-refractivity contribution in [1.82, 2.24) is 0 Å². The molecule has 6 nitrogen and oxygen atoms in total. The summed E-state index contributed by atoms with van der Waals surface area (Å²) in [6.07, 6.45) is 1.75. The molecule has 0 atom stereocenters. The van der Waals surface area contributed by atoms with Gasteiger partial charge in [0.2, 0.25) is 0 Å². The summed E-state index contributed by atoms with van der Waals surface area (Å²) < 4.78 is 0. The Hall–Kier alpha value is 1.49. The summed E-state index contributed by atoms with van der Waals surface area (Å²) in [5.74, 6) is 0. The number of rotatable bonds is 0. The zero-order valence-corrected chi connectivity index (χ0v) is 12.5. The molecule has 0 aliphatic rings. The predicted molar refractivity (Wildman–Crippen MR) is 57.8 cm³/mol. The second-order valence-electron chi connectivity index (χ2n) is 1.43. The quantitative estimate of drug-likeness (QED) is 0.194. The first-order valence-corrected chi connectivity index (χ1v) is 7.87. The second kappa shape index (κ2) is 12.6. The normalized spacial score (nSPS) is 9.36. The molecule has 0 saturated carbocycles. The first-order valence-electron chi connectivity index (χ1n) is 2.55. The van der Waals surface area contributed by atoms with Crippen LogP contribution < -0.4 is 0 Å². The molecule has 0 bridgehead atoms. The van der Waals surface area contributed by atoms with Crippen LogP contribution in [-0.4, -0.2) is 29.4 Å². The van der Waals surface area contributed by atoms with Gasteiger partial charge in [-0.15, -0.1) is 6.58 Å². The van der Waals surface area contributed by atoms with E-state index in [9.17, 15) is 0 Å². The third kappa shape index (κ3) is 950. The molecule has 6 N–H and O–H groups in total. The van der Waals surface area contributed by atoms with Crippen LogP contribution in [0.4, 0.5) is 0 Å². The van der Waals surface area contributed by atoms with Gasteiger partial charge in [0.05, 0.1) is 0 Å². The molecule has 0 aromatic rings. The van der Waals surface area contributed by atoms with Crippen molar-refractivity contribution in [1.29, 1.82) is 0 Å². The fourth-order valence-electron chi connectivity index (χ4n) is 0. The molecule has 0 spiro atoms. The maximum absolute atomic E-state index is 7.56. The molecule has 0 unspecified atom stereocenters. The third-order valence-corrected chi connectivity index (χ3v) is 0. The summed E-state index contributed by atoms with van der Waals surface area (Å²) in [6, 6.07) is 0. The molecule has 0 aromatic carbocycles. The van der Waals surface area contributed by atoms with E-state index in [0.29, 0.717) is 0 Å². The molecular formula is C3H12MoO6P2S2. The summed E-state index contributed by atoms with van der Waals surface area (Å²) in [5, 5.41) is 0. The van der Waals surface area contributed by atoms with E-state index in [-0.39, 0.29) is 21.1 Å². The fourth-order valence-corrected chi connectivity index (χ4v) is 0. The van der Waals surface area contributed by atoms with Gasteiger partial charge in [0.15, 0.2) is 0 Å². The van der Waals surface area contributed by atoms with Gasteiger partial charge < -0.3 is 29.4 Å². The predicted octanol–water partition coefficient (Wildman–Crippen LogP) is -0.435. The van der Waals surface area contributed by atoms with Gasteiger partial charge in [0.1, 0.15) is 0 Å². The Morgan fingerprint density at radius 1 is 0.929 bits per heavy atom. The van der Waals surface area contributed by atoms with Crippen LogP contribution in [0.3, 0.4) is 0 Å². The largest absolute Gasteiger partial charge is 0.325 e. The van der Waals surface area contributed by atoms with Crippen LogP contribution in [0.2, 0.25) is 0 Å². The number of hydrogen-bond donors (Lipinski definition) is 6. The van der Waals surface area contributed by atoms with E-state index in [0.717, 1.165) is 0 Å². The van der Waals surface area contributed by atoms with Crippen LogP contribution in [0.25, 0.3) is 0 Å². The van der Waals surface area contributed by atoms with Crippen molar-refractivity contribution in [2.75, 3.05) is 0 Å². The van der Waals surface area contributed by atoms with Crippen molar-refractivity contribution >= 4 is 37.1 Å². The molecule has 88 valence electrons. The van der Waals surface area contributed by atoms with E-state index >= 15 is 0 Å². The van der Waals surface area contributed by atoms with E-state index in [1.165, 1.54) is 0 Å². The van der Waals surface area contributed by atoms with Gasteiger partial charge >= 0.3 is 13.4 Å². The molecular weight excluding hydrogens is 354 g/mol. The van der Waals surface area contributed by atoms with Crippen molar-refractivity contribution in [2.24, 2.45) is 0 Å². The Balaban J connectivity index is -0.0000000535. The molecule has 0 heterocycles. The van der Waals surface area contributed by atoms with Crippen molar-refractivity contribution in [3.8, 4) is 0 Å². The summed E-state index contributed by atoms with van der Waals surface area (Å²) in [5.41, 5.74) is 0. The minimum atomic E-state index is -3.81. The zero-order valence-electron chi connectivity index (χ0n) is 7.09. The molecule has 0 amide bonds. The van der Waals surface area contributed by atoms with Crippen molar-refractivity contribution in [2.45, 2.75) is 6.92 Å². The van der Waals surface area contributed by atoms with Crippen molar-refractivity contribution in [3.05, 3.63) is 12.7 Å². The van der Waals surface area contributed by atoms with Gasteiger partial charge in [-0.3, -0.25) is 0 Å². The topological polar surface area (TPSA) is 121 Å². The van der Waals surface area contributed by atoms with Crippen molar-refractivity contribution in [3.63, 3.8) is 0 Å². The maximum Gasteiger partial charge on any atom is 0.319 e. The SMILES string of the molecule is C=CC.OP(O)(O)=S.OP(O)(O)=S.[Mo]. The molecule has 0 radical (unpaired) electrons. The van der Waals surface area contributed by atoms with Crippen LogP contribution in [0.15, 0.2) is 12.7 Å². The molecule has 0 aliphatic carbocycles. The Morgan fingerprint density at radius 3 is 0.929 bits per heavy atom. The zero-order chi connectivity index (χ0) is 11.7. The molecule has 0 saturated heterocycles. The first-order chi connectivity index (χ1) is 5.41. The number of hydrogen-bond acceptors (Lipinski definition) is 2. The molecule has 0 fully saturated rings. The Bertz CT molecular complexity index is 175. The van der Waals surface area contributed by atoms with Crippen LogP contribution in [0.5, 0.6) is 0 Å². The molecule has 0 aromatic heterocycles. The Labute approximate surface area is 107 Å². The van der Waals surface area contributed by atoms with Gasteiger partial charge in [-0.05, 0) is 30.5 Å². The summed E-state index contributed by atoms with van der Waals surface area (Å²) >= 11 is 7.21. The first kappa shape index (κ1) is 24.6. The summed E-state index contributed by atoms with van der Waals surface area (Å²) in [6.45, 7) is -2.36. The Morgan fingerprint density at radius 2 is 0.929 bits per heavy atom. The van der Waals surface area contributed by atoms with Crippen molar-refractivity contribution < 1.29 is 50.4 Å². The second-order valence-corrected chi connectivity index (χ2v) is 6.43. The van der Waals surface area contributed by atoms with Gasteiger partial charge in [0.25, 0.3) is 0 Å². The minimum absolute atomic E-state index is 0. The average Bonchev–Trinajstić information content (AvgIpc) is 1.52. The van der Waals surface area contributed by atoms with E-state index in [4.69, 9.17) is 29.4 Å². The molecule has 14 heavy (non-hydrogen) atoms. The summed E-state index contributed by atoms with van der Waals surface area (Å²) in [7, 11) is 0. The van der Waals surface area contributed by atoms with Gasteiger partial charge in [-0.2, -0.15) is 0 Å². The number of allylic oxidation sites excluding steroid dienone is 1. The van der Waals surface area contributed by atoms with E-state index in [1.807, 2.05) is 6.92 Å². The Kier molecular flexibility index (Phi) is 22.1. The van der Waals surface area contributed by atoms with Gasteiger partial charge in [0, 0.05) is 21.1 Å². The smallest absolute Gasteiger partial charge is 0.319 e. The van der Waals surface area contributed by atoms with Crippen LogP contribution in [0.1, 0.15) is 6.92 Å². The minimum Gasteiger partial charge on any atom is -0.325 e. The summed E-state index contributed by atoms with van der Waals surface area (Å²) in [4.78, 5) is 45.3. The standard InChI is InChI=1S/C3H6.Mo.2H3O3PS/c1-3-2;;2*1-4(2,3)5/h3H,1H2,2H3;;2*(H3,1,2,3,5). The monoisotopic (exact) mass is 368 g/mol. The van der Waals surface area contributed by atoms with E-state index in [1.54, 1.807) is 6.08 Å². The van der Waals surface area contributed by atoms with Gasteiger partial charge in [-0.1, -0.05) is 6.08 Å². The molecule has 0 aliphatic heterocycles. The van der Waals surface area contributed by atoms with Crippen LogP contribution in [-0.2, 0) is 44.7 Å². The average molecular weight is 366 g/mol. The maximum atomic E-state index is 7.56. The van der Waals surface area contributed by atoms with Gasteiger partial charge in [-0.25, -0.2) is 0 Å². The van der Waals surface area contributed by atoms with Crippen LogP contribution in [0, 0.1) is 0 Å². The molecule has 11 heteroatoms. The van der Waals surface area contributed by atoms with Crippen LogP contribution >= 0.6 is 13.4 Å². The fraction of sp³-hybridized carbons (Fsp3) is 0.333.